The second-order valence-corrected chi connectivity index (χ2v) is 4.41. The fraction of sp³-hybridized carbons (Fsp3) is 0.500. The van der Waals surface area contributed by atoms with Crippen molar-refractivity contribution in [3.05, 3.63) is 29.6 Å². The zero-order valence-corrected chi connectivity index (χ0v) is 8.66. The van der Waals surface area contributed by atoms with Crippen LogP contribution in [0.2, 0.25) is 0 Å². The van der Waals surface area contributed by atoms with Crippen LogP contribution in [-0.4, -0.2) is 20.2 Å². The average molecular weight is 207 g/mol. The summed E-state index contributed by atoms with van der Waals surface area (Å²) >= 11 is 0. The normalized spacial score (nSPS) is 32.5. The Morgan fingerprint density at radius 1 is 1.33 bits per heavy atom. The third-order valence-corrected chi connectivity index (χ3v) is 3.65. The standard InChI is InChI=1S/C12H14FNO/c1-15-11-3-2-7(4-10(11)13)12-8-5-14-6-9(8)12/h2-4,8-9,12,14H,5-6H2,1H3. The smallest absolute Gasteiger partial charge is 0.165 e. The highest BCUT2D eigenvalue weighted by atomic mass is 19.1. The lowest BCUT2D eigenvalue weighted by Crippen LogP contribution is -2.14. The van der Waals surface area contributed by atoms with Gasteiger partial charge in [-0.3, -0.25) is 0 Å². The van der Waals surface area contributed by atoms with E-state index >= 15 is 0 Å². The number of ether oxygens (including phenoxy) is 1. The first-order valence-corrected chi connectivity index (χ1v) is 5.35. The Labute approximate surface area is 88.4 Å². The van der Waals surface area contributed by atoms with Gasteiger partial charge >= 0.3 is 0 Å². The highest BCUT2D eigenvalue weighted by Crippen LogP contribution is 2.55. The molecule has 2 unspecified atom stereocenters. The van der Waals surface area contributed by atoms with Gasteiger partial charge < -0.3 is 10.1 Å². The summed E-state index contributed by atoms with van der Waals surface area (Å²) < 4.78 is 18.4. The first-order chi connectivity index (χ1) is 7.31. The summed E-state index contributed by atoms with van der Waals surface area (Å²) in [7, 11) is 1.49. The molecule has 0 radical (unpaired) electrons. The van der Waals surface area contributed by atoms with Gasteiger partial charge in [0.05, 0.1) is 7.11 Å². The van der Waals surface area contributed by atoms with Crippen LogP contribution in [0.4, 0.5) is 4.39 Å². The van der Waals surface area contributed by atoms with E-state index in [0.717, 1.165) is 30.5 Å². The minimum absolute atomic E-state index is 0.243. The number of benzene rings is 1. The van der Waals surface area contributed by atoms with Crippen LogP contribution in [0, 0.1) is 17.7 Å². The third kappa shape index (κ3) is 1.34. The van der Waals surface area contributed by atoms with Crippen molar-refractivity contribution in [1.29, 1.82) is 0 Å². The maximum atomic E-state index is 13.5. The van der Waals surface area contributed by atoms with Gasteiger partial charge in [0.15, 0.2) is 11.6 Å². The molecule has 1 saturated heterocycles. The van der Waals surface area contributed by atoms with E-state index in [9.17, 15) is 4.39 Å². The monoisotopic (exact) mass is 207 g/mol. The van der Waals surface area contributed by atoms with E-state index in [0.29, 0.717) is 11.7 Å². The lowest BCUT2D eigenvalue weighted by Gasteiger charge is -2.07. The number of fused-ring (bicyclic) bond motifs is 1. The molecule has 0 amide bonds. The molecule has 1 aliphatic carbocycles. The van der Waals surface area contributed by atoms with Crippen LogP contribution in [0.25, 0.3) is 0 Å². The molecule has 80 valence electrons. The van der Waals surface area contributed by atoms with Gasteiger partial charge in [0.2, 0.25) is 0 Å². The number of hydrogen-bond donors (Lipinski definition) is 1. The zero-order chi connectivity index (χ0) is 10.4. The van der Waals surface area contributed by atoms with Gasteiger partial charge in [-0.05, 0) is 48.5 Å². The number of rotatable bonds is 2. The lowest BCUT2D eigenvalue weighted by molar-refractivity contribution is 0.386. The molecule has 15 heavy (non-hydrogen) atoms. The van der Waals surface area contributed by atoms with Crippen LogP contribution >= 0.6 is 0 Å². The van der Waals surface area contributed by atoms with Gasteiger partial charge in [-0.1, -0.05) is 6.07 Å². The summed E-state index contributed by atoms with van der Waals surface area (Å²) in [6, 6.07) is 5.35. The van der Waals surface area contributed by atoms with Gasteiger partial charge in [0, 0.05) is 0 Å². The molecular formula is C12H14FNO. The van der Waals surface area contributed by atoms with E-state index < -0.39 is 0 Å². The van der Waals surface area contributed by atoms with Gasteiger partial charge in [0.25, 0.3) is 0 Å². The van der Waals surface area contributed by atoms with Crippen molar-refractivity contribution < 1.29 is 9.13 Å². The Morgan fingerprint density at radius 2 is 2.07 bits per heavy atom. The first kappa shape index (κ1) is 9.16. The summed E-state index contributed by atoms with van der Waals surface area (Å²) in [4.78, 5) is 0. The molecule has 0 bridgehead atoms. The topological polar surface area (TPSA) is 21.3 Å². The number of nitrogens with one attached hydrogen (secondary N) is 1. The van der Waals surface area contributed by atoms with Gasteiger partial charge in [-0.2, -0.15) is 0 Å². The van der Waals surface area contributed by atoms with Crippen LogP contribution in [-0.2, 0) is 0 Å². The predicted molar refractivity (Wildman–Crippen MR) is 55.5 cm³/mol. The van der Waals surface area contributed by atoms with Crippen LogP contribution in [0.1, 0.15) is 11.5 Å². The molecule has 0 spiro atoms. The van der Waals surface area contributed by atoms with Crippen LogP contribution in [0.15, 0.2) is 18.2 Å². The summed E-state index contributed by atoms with van der Waals surface area (Å²) in [5.41, 5.74) is 1.13. The van der Waals surface area contributed by atoms with Gasteiger partial charge in [-0.25, -0.2) is 4.39 Å². The number of halogens is 1. The van der Waals surface area contributed by atoms with E-state index in [2.05, 4.69) is 5.32 Å². The minimum atomic E-state index is -0.243. The van der Waals surface area contributed by atoms with E-state index in [1.807, 2.05) is 6.07 Å². The largest absolute Gasteiger partial charge is 0.494 e. The minimum Gasteiger partial charge on any atom is -0.494 e. The molecule has 2 atom stereocenters. The Balaban J connectivity index is 1.85. The van der Waals surface area contributed by atoms with Gasteiger partial charge in [0.1, 0.15) is 0 Å². The molecule has 1 saturated carbocycles. The summed E-state index contributed by atoms with van der Waals surface area (Å²) in [6.07, 6.45) is 0. The molecule has 1 heterocycles. The van der Waals surface area contributed by atoms with Crippen molar-refractivity contribution >= 4 is 0 Å². The van der Waals surface area contributed by atoms with E-state index in [4.69, 9.17) is 4.74 Å². The van der Waals surface area contributed by atoms with Crippen LogP contribution < -0.4 is 10.1 Å². The highest BCUT2D eigenvalue weighted by Gasteiger charge is 2.53. The second kappa shape index (κ2) is 3.20. The molecule has 2 aliphatic rings. The van der Waals surface area contributed by atoms with Crippen molar-refractivity contribution in [2.75, 3.05) is 20.2 Å². The Hall–Kier alpha value is -1.09. The second-order valence-electron chi connectivity index (χ2n) is 4.41. The fourth-order valence-electron chi connectivity index (χ4n) is 2.80. The van der Waals surface area contributed by atoms with Crippen molar-refractivity contribution in [3.63, 3.8) is 0 Å². The van der Waals surface area contributed by atoms with Gasteiger partial charge in [-0.15, -0.1) is 0 Å². The maximum absolute atomic E-state index is 13.5. The van der Waals surface area contributed by atoms with E-state index in [-0.39, 0.29) is 5.82 Å². The van der Waals surface area contributed by atoms with Crippen molar-refractivity contribution in [1.82, 2.24) is 5.32 Å². The highest BCUT2D eigenvalue weighted by molar-refractivity contribution is 5.36. The number of hydrogen-bond acceptors (Lipinski definition) is 2. The number of methoxy groups -OCH3 is 1. The molecule has 1 aliphatic heterocycles. The lowest BCUT2D eigenvalue weighted by atomic mass is 10.1. The zero-order valence-electron chi connectivity index (χ0n) is 8.66. The molecule has 3 rings (SSSR count). The molecule has 2 fully saturated rings. The molecule has 1 aromatic carbocycles. The predicted octanol–water partition coefficient (Wildman–Crippen LogP) is 1.77. The van der Waals surface area contributed by atoms with E-state index in [1.54, 1.807) is 12.1 Å². The van der Waals surface area contributed by atoms with E-state index in [1.165, 1.54) is 7.11 Å². The van der Waals surface area contributed by atoms with Crippen LogP contribution in [0.5, 0.6) is 5.75 Å². The Bertz CT molecular complexity index is 383. The maximum Gasteiger partial charge on any atom is 0.165 e. The molecule has 2 nitrogen and oxygen atoms in total. The summed E-state index contributed by atoms with van der Waals surface area (Å²) in [6.45, 7) is 2.17. The molecule has 1 N–H and O–H groups in total. The molecule has 1 aromatic rings. The molecular weight excluding hydrogens is 193 g/mol. The first-order valence-electron chi connectivity index (χ1n) is 5.35. The van der Waals surface area contributed by atoms with Crippen LogP contribution in [0.3, 0.4) is 0 Å². The quantitative estimate of drug-likeness (QED) is 0.798. The summed E-state index contributed by atoms with van der Waals surface area (Å²) in [5.74, 6) is 2.14. The molecule has 3 heteroatoms. The Morgan fingerprint density at radius 3 is 2.67 bits per heavy atom. The van der Waals surface area contributed by atoms with Crippen molar-refractivity contribution in [2.24, 2.45) is 11.8 Å². The fourth-order valence-corrected chi connectivity index (χ4v) is 2.80. The summed E-state index contributed by atoms with van der Waals surface area (Å²) in [5, 5.41) is 3.34. The third-order valence-electron chi connectivity index (χ3n) is 3.65. The average Bonchev–Trinajstić information content (AvgIpc) is 2.72. The van der Waals surface area contributed by atoms with Crippen molar-refractivity contribution in [2.45, 2.75) is 5.92 Å². The van der Waals surface area contributed by atoms with Crippen molar-refractivity contribution in [3.8, 4) is 5.75 Å². The SMILES string of the molecule is COc1ccc(C2C3CNCC32)cc1F. The molecule has 0 aromatic heterocycles. The Kier molecular flexibility index (Phi) is 1.96. The number of piperidine rings is 1.